The van der Waals surface area contributed by atoms with E-state index in [2.05, 4.69) is 28.3 Å². The lowest BCUT2D eigenvalue weighted by molar-refractivity contribution is 1.39. The number of nitrogens with one attached hydrogen (secondary N) is 1. The van der Waals surface area contributed by atoms with E-state index in [-0.39, 0.29) is 0 Å². The fourth-order valence-electron chi connectivity index (χ4n) is 1.57. The van der Waals surface area contributed by atoms with Crippen molar-refractivity contribution in [3.05, 3.63) is 42.0 Å². The lowest BCUT2D eigenvalue weighted by Crippen LogP contribution is -1.71. The quantitative estimate of drug-likeness (QED) is 0.641. The number of aromatic amines is 1. The molecule has 0 spiro atoms. The summed E-state index contributed by atoms with van der Waals surface area (Å²) in [6.45, 7) is 0. The zero-order chi connectivity index (χ0) is 9.38. The zero-order valence-electron chi connectivity index (χ0n) is 7.32. The summed E-state index contributed by atoms with van der Waals surface area (Å²) in [6.07, 6.45) is 4.83. The second-order valence-electron chi connectivity index (χ2n) is 3.03. The van der Waals surface area contributed by atoms with Gasteiger partial charge in [0.05, 0.1) is 0 Å². The van der Waals surface area contributed by atoms with Crippen LogP contribution in [0.1, 0.15) is 0 Å². The van der Waals surface area contributed by atoms with Gasteiger partial charge in [-0.2, -0.15) is 0 Å². The average molecular weight is 199 g/mol. The molecule has 3 aromatic rings. The Balaban J connectivity index is 2.33. The van der Waals surface area contributed by atoms with E-state index in [1.807, 2.05) is 23.7 Å². The molecule has 0 aliphatic rings. The summed E-state index contributed by atoms with van der Waals surface area (Å²) >= 11 is 1.61. The van der Waals surface area contributed by atoms with Gasteiger partial charge >= 0.3 is 0 Å². The number of hydrogen-bond donors (Lipinski definition) is 1. The lowest BCUT2D eigenvalue weighted by atomic mass is 10.2. The Morgan fingerprint density at radius 1 is 1.29 bits per heavy atom. The van der Waals surface area contributed by atoms with Crippen molar-refractivity contribution in [2.45, 2.75) is 0 Å². The van der Waals surface area contributed by atoms with Crippen molar-refractivity contribution in [3.63, 3.8) is 0 Å². The summed E-state index contributed by atoms with van der Waals surface area (Å²) < 4.78 is 0. The Bertz CT molecular complexity index is 551. The molecule has 2 heterocycles. The zero-order valence-corrected chi connectivity index (χ0v) is 8.14. The van der Waals surface area contributed by atoms with E-state index in [9.17, 15) is 0 Å². The molecular weight excluding hydrogens is 192 g/mol. The number of rotatable bonds is 1. The average Bonchev–Trinajstić information content (AvgIpc) is 2.85. The maximum Gasteiger partial charge on any atom is 0.126 e. The molecule has 14 heavy (non-hydrogen) atoms. The van der Waals surface area contributed by atoms with E-state index in [0.29, 0.717) is 0 Å². The van der Waals surface area contributed by atoms with Gasteiger partial charge in [-0.1, -0.05) is 18.2 Å². The smallest absolute Gasteiger partial charge is 0.126 e. The third-order valence-electron chi connectivity index (χ3n) is 2.21. The van der Waals surface area contributed by atoms with Crippen molar-refractivity contribution in [2.75, 3.05) is 0 Å². The van der Waals surface area contributed by atoms with Gasteiger partial charge in [0.25, 0.3) is 0 Å². The molecule has 0 atom stereocenters. The predicted octanol–water partition coefficient (Wildman–Crippen LogP) is 3.09. The second-order valence-corrected chi connectivity index (χ2v) is 3.89. The third kappa shape index (κ3) is 1.06. The van der Waals surface area contributed by atoms with Crippen LogP contribution in [0.5, 0.6) is 0 Å². The van der Waals surface area contributed by atoms with Crippen LogP contribution in [0.15, 0.2) is 35.8 Å². The van der Waals surface area contributed by atoms with Crippen LogP contribution in [0.25, 0.3) is 21.5 Å². The molecular formula is C11H7N2S. The van der Waals surface area contributed by atoms with Crippen molar-refractivity contribution in [1.82, 2.24) is 9.97 Å². The highest BCUT2D eigenvalue weighted by Gasteiger charge is 2.06. The van der Waals surface area contributed by atoms with Crippen LogP contribution in [0.4, 0.5) is 0 Å². The first kappa shape index (κ1) is 7.76. The predicted molar refractivity (Wildman–Crippen MR) is 58.2 cm³/mol. The van der Waals surface area contributed by atoms with E-state index < -0.39 is 0 Å². The first-order valence-corrected chi connectivity index (χ1v) is 5.21. The Morgan fingerprint density at radius 3 is 3.07 bits per heavy atom. The Morgan fingerprint density at radius 2 is 2.21 bits per heavy atom. The minimum Gasteiger partial charge on any atom is -0.360 e. The van der Waals surface area contributed by atoms with Gasteiger partial charge in [-0.3, -0.25) is 0 Å². The van der Waals surface area contributed by atoms with Gasteiger partial charge in [0.15, 0.2) is 0 Å². The number of hydrogen-bond acceptors (Lipinski definition) is 2. The largest absolute Gasteiger partial charge is 0.360 e. The summed E-state index contributed by atoms with van der Waals surface area (Å²) in [4.78, 5) is 7.41. The third-order valence-corrected chi connectivity index (χ3v) is 2.97. The van der Waals surface area contributed by atoms with E-state index in [4.69, 9.17) is 0 Å². The van der Waals surface area contributed by atoms with Gasteiger partial charge in [-0.15, -0.1) is 11.3 Å². The molecule has 0 saturated heterocycles. The minimum atomic E-state index is 1.02. The monoisotopic (exact) mass is 199 g/mol. The van der Waals surface area contributed by atoms with Gasteiger partial charge in [-0.25, -0.2) is 4.98 Å². The fourth-order valence-corrected chi connectivity index (χ4v) is 2.18. The van der Waals surface area contributed by atoms with Gasteiger partial charge < -0.3 is 4.98 Å². The standard InChI is InChI=1S/C11H7N2S/c1-2-4-10-8(3-1)9(7-13-10)11-12-5-6-14-11/h1-4,6-7,13H. The maximum atomic E-state index is 4.18. The highest BCUT2D eigenvalue weighted by Crippen LogP contribution is 2.29. The van der Waals surface area contributed by atoms with Crippen LogP contribution >= 0.6 is 11.3 Å². The number of para-hydroxylation sites is 1. The van der Waals surface area contributed by atoms with Gasteiger partial charge in [0, 0.05) is 28.0 Å². The SMILES string of the molecule is [c]1csc(-c2c[nH]c3ccccc23)n1. The van der Waals surface area contributed by atoms with E-state index >= 15 is 0 Å². The van der Waals surface area contributed by atoms with Gasteiger partial charge in [0.1, 0.15) is 11.2 Å². The van der Waals surface area contributed by atoms with Crippen LogP contribution in [-0.4, -0.2) is 9.97 Å². The number of aromatic nitrogens is 2. The minimum absolute atomic E-state index is 1.02. The number of benzene rings is 1. The van der Waals surface area contributed by atoms with Crippen molar-refractivity contribution in [1.29, 1.82) is 0 Å². The van der Waals surface area contributed by atoms with Gasteiger partial charge in [-0.05, 0) is 6.07 Å². The highest BCUT2D eigenvalue weighted by molar-refractivity contribution is 7.13. The molecule has 0 bridgehead atoms. The summed E-state index contributed by atoms with van der Waals surface area (Å²) in [7, 11) is 0. The number of thiazole rings is 1. The lowest BCUT2D eigenvalue weighted by Gasteiger charge is -1.91. The molecule has 3 heteroatoms. The molecule has 0 aliphatic carbocycles. The summed E-state index contributed by atoms with van der Waals surface area (Å²) in [5, 5.41) is 4.11. The number of fused-ring (bicyclic) bond motifs is 1. The topological polar surface area (TPSA) is 28.7 Å². The number of nitrogens with zero attached hydrogens (tertiary/aromatic N) is 1. The molecule has 3 rings (SSSR count). The van der Waals surface area contributed by atoms with Crippen LogP contribution in [0, 0.1) is 6.20 Å². The second kappa shape index (κ2) is 2.96. The molecule has 1 radical (unpaired) electrons. The maximum absolute atomic E-state index is 4.18. The molecule has 2 nitrogen and oxygen atoms in total. The van der Waals surface area contributed by atoms with Crippen LogP contribution in [-0.2, 0) is 0 Å². The Kier molecular flexibility index (Phi) is 1.64. The number of H-pyrrole nitrogens is 1. The van der Waals surface area contributed by atoms with Crippen molar-refractivity contribution < 1.29 is 0 Å². The Hall–Kier alpha value is -1.61. The fraction of sp³-hybridized carbons (Fsp3) is 0. The molecule has 0 aliphatic heterocycles. The molecule has 0 fully saturated rings. The first-order chi connectivity index (χ1) is 6.95. The van der Waals surface area contributed by atoms with E-state index in [0.717, 1.165) is 16.1 Å². The van der Waals surface area contributed by atoms with Crippen molar-refractivity contribution >= 4 is 22.2 Å². The Labute approximate surface area is 85.2 Å². The molecule has 0 unspecified atom stereocenters. The summed E-state index contributed by atoms with van der Waals surface area (Å²) in [6, 6.07) is 8.23. The first-order valence-electron chi connectivity index (χ1n) is 4.33. The molecule has 67 valence electrons. The van der Waals surface area contributed by atoms with Crippen LogP contribution in [0.3, 0.4) is 0 Å². The van der Waals surface area contributed by atoms with Gasteiger partial charge in [0.2, 0.25) is 0 Å². The van der Waals surface area contributed by atoms with Crippen LogP contribution in [0.2, 0.25) is 0 Å². The summed E-state index contributed by atoms with van der Waals surface area (Å²) in [5.74, 6) is 0. The molecule has 1 N–H and O–H groups in total. The van der Waals surface area contributed by atoms with Crippen molar-refractivity contribution in [3.8, 4) is 10.6 Å². The van der Waals surface area contributed by atoms with Crippen LogP contribution < -0.4 is 0 Å². The highest BCUT2D eigenvalue weighted by atomic mass is 32.1. The van der Waals surface area contributed by atoms with E-state index in [1.54, 1.807) is 11.3 Å². The molecule has 0 amide bonds. The molecule has 1 aromatic carbocycles. The van der Waals surface area contributed by atoms with Crippen molar-refractivity contribution in [2.24, 2.45) is 0 Å². The summed E-state index contributed by atoms with van der Waals surface area (Å²) in [5.41, 5.74) is 2.31. The normalized spacial score (nSPS) is 10.9. The molecule has 0 saturated carbocycles. The molecule has 2 aromatic heterocycles. The van der Waals surface area contributed by atoms with E-state index in [1.165, 1.54) is 5.39 Å².